The zero-order chi connectivity index (χ0) is 38.9. The van der Waals surface area contributed by atoms with Crippen LogP contribution in [0.15, 0.2) is 97.6 Å². The normalized spacial score (nSPS) is 12.4. The van der Waals surface area contributed by atoms with E-state index in [1.54, 1.807) is 0 Å². The van der Waals surface area contributed by atoms with Crippen molar-refractivity contribution in [1.82, 2.24) is 60.0 Å². The minimum atomic E-state index is -0.140. The van der Waals surface area contributed by atoms with E-state index in [9.17, 15) is 0 Å². The van der Waals surface area contributed by atoms with Gasteiger partial charge in [-0.05, 0) is 119 Å². The molecule has 12 heteroatoms. The first-order chi connectivity index (χ1) is 26.8. The molecule has 1 aliphatic rings. The Morgan fingerprint density at radius 2 is 0.643 bits per heavy atom. The van der Waals surface area contributed by atoms with Crippen LogP contribution in [0, 0.1) is 0 Å². The van der Waals surface area contributed by atoms with Crippen LogP contribution >= 0.6 is 0 Å². The molecule has 0 aliphatic carbocycles. The third kappa shape index (κ3) is 6.50. The van der Waals surface area contributed by atoms with Gasteiger partial charge in [-0.15, -0.1) is 20.4 Å². The first-order valence-corrected chi connectivity index (χ1v) is 19.1. The Morgan fingerprint density at radius 3 is 0.875 bits per heavy atom. The maximum Gasteiger partial charge on any atom is 0.113 e. The van der Waals surface area contributed by atoms with Crippen molar-refractivity contribution in [3.63, 3.8) is 0 Å². The highest BCUT2D eigenvalue weighted by molar-refractivity contribution is 5.72. The summed E-state index contributed by atoms with van der Waals surface area (Å²) in [6.07, 6.45) is 9.63. The lowest BCUT2D eigenvalue weighted by Gasteiger charge is -2.21. The Morgan fingerprint density at radius 1 is 0.375 bits per heavy atom. The average molecular weight is 741 g/mol. The van der Waals surface area contributed by atoms with E-state index in [-0.39, 0.29) is 10.8 Å². The lowest BCUT2D eigenvalue weighted by Crippen LogP contribution is -2.13. The van der Waals surface area contributed by atoms with Crippen molar-refractivity contribution in [3.05, 3.63) is 120 Å². The van der Waals surface area contributed by atoms with Gasteiger partial charge in [-0.2, -0.15) is 0 Å². The number of fused-ring (bicyclic) bond motifs is 24. The first kappa shape index (κ1) is 35.2. The van der Waals surface area contributed by atoms with E-state index in [1.165, 1.54) is 0 Å². The summed E-state index contributed by atoms with van der Waals surface area (Å²) >= 11 is 0. The lowest BCUT2D eigenvalue weighted by atomic mass is 9.86. The summed E-state index contributed by atoms with van der Waals surface area (Å²) in [7, 11) is 0. The molecule has 0 unspecified atom stereocenters. The van der Waals surface area contributed by atoms with Gasteiger partial charge >= 0.3 is 0 Å². The molecule has 280 valence electrons. The Labute approximate surface area is 325 Å². The van der Waals surface area contributed by atoms with Crippen molar-refractivity contribution in [2.45, 2.75) is 79.1 Å². The Balaban J connectivity index is 1.27. The minimum absolute atomic E-state index is 0.140. The predicted octanol–water partition coefficient (Wildman–Crippen LogP) is 8.71. The van der Waals surface area contributed by atoms with Crippen LogP contribution in [0.5, 0.6) is 0 Å². The molecule has 0 spiro atoms. The molecule has 0 N–H and O–H groups in total. The number of rotatable bonds is 2. The van der Waals surface area contributed by atoms with E-state index in [2.05, 4.69) is 169 Å². The number of benzene rings is 4. The smallest absolute Gasteiger partial charge is 0.113 e. The number of hydrogen-bond donors (Lipinski definition) is 0. The molecule has 4 aromatic heterocycles. The van der Waals surface area contributed by atoms with Gasteiger partial charge in [0.25, 0.3) is 0 Å². The minimum Gasteiger partial charge on any atom is -0.220 e. The van der Waals surface area contributed by atoms with Gasteiger partial charge in [0.05, 0.1) is 47.5 Å². The fourth-order valence-electron chi connectivity index (χ4n) is 7.06. The molecule has 0 atom stereocenters. The van der Waals surface area contributed by atoms with Crippen LogP contribution in [0.3, 0.4) is 0 Å². The Hall–Kier alpha value is -6.56. The van der Waals surface area contributed by atoms with Gasteiger partial charge in [0.1, 0.15) is 22.8 Å². The van der Waals surface area contributed by atoms with E-state index in [4.69, 9.17) is 0 Å². The summed E-state index contributed by atoms with van der Waals surface area (Å²) in [5, 5.41) is 37.3. The van der Waals surface area contributed by atoms with Crippen molar-refractivity contribution in [2.75, 3.05) is 0 Å². The van der Waals surface area contributed by atoms with E-state index in [1.807, 2.05) is 43.5 Å². The molecule has 0 fully saturated rings. The first-order valence-electron chi connectivity index (χ1n) is 19.1. The molecule has 56 heavy (non-hydrogen) atoms. The molecule has 0 radical (unpaired) electrons. The van der Waals surface area contributed by atoms with Gasteiger partial charge in [-0.3, -0.25) is 0 Å². The lowest BCUT2D eigenvalue weighted by molar-refractivity contribution is 0.587. The second-order valence-electron chi connectivity index (χ2n) is 16.7. The summed E-state index contributed by atoms with van der Waals surface area (Å²) in [4.78, 5) is 0. The van der Waals surface area contributed by atoms with Gasteiger partial charge < -0.3 is 0 Å². The predicted molar refractivity (Wildman–Crippen MR) is 218 cm³/mol. The van der Waals surface area contributed by atoms with Gasteiger partial charge in [0.15, 0.2) is 0 Å². The zero-order valence-electron chi connectivity index (χ0n) is 33.0. The van der Waals surface area contributed by atoms with Crippen LogP contribution in [0.25, 0.3) is 67.8 Å². The fourth-order valence-corrected chi connectivity index (χ4v) is 7.06. The summed E-state index contributed by atoms with van der Waals surface area (Å²) in [6, 6.07) is 25.7. The number of nitrogens with zero attached hydrogens (tertiary/aromatic N) is 12. The van der Waals surface area contributed by atoms with Crippen molar-refractivity contribution in [1.29, 1.82) is 0 Å². The quantitative estimate of drug-likeness (QED) is 0.173. The second kappa shape index (κ2) is 13.0. The monoisotopic (exact) mass is 740 g/mol. The highest BCUT2D eigenvalue weighted by atomic mass is 15.4. The van der Waals surface area contributed by atoms with E-state index in [0.717, 1.165) is 103 Å². The highest BCUT2D eigenvalue weighted by Gasteiger charge is 2.21. The summed E-state index contributed by atoms with van der Waals surface area (Å²) in [5.41, 5.74) is 14.7. The van der Waals surface area contributed by atoms with Crippen molar-refractivity contribution >= 4 is 0 Å². The summed E-state index contributed by atoms with van der Waals surface area (Å²) < 4.78 is 7.34. The van der Waals surface area contributed by atoms with Crippen LogP contribution in [-0.4, -0.2) is 60.0 Å². The van der Waals surface area contributed by atoms with Crippen LogP contribution in [0.4, 0.5) is 0 Å². The third-order valence-corrected chi connectivity index (χ3v) is 10.6. The molecule has 0 saturated carbocycles. The third-order valence-electron chi connectivity index (χ3n) is 10.6. The molecule has 9 rings (SSSR count). The van der Waals surface area contributed by atoms with E-state index < -0.39 is 0 Å². The van der Waals surface area contributed by atoms with Crippen molar-refractivity contribution in [2.24, 2.45) is 0 Å². The van der Waals surface area contributed by atoms with E-state index >= 15 is 0 Å². The molecule has 16 bridgehead atoms. The van der Waals surface area contributed by atoms with Gasteiger partial charge in [0, 0.05) is 22.3 Å². The molecule has 1 aliphatic heterocycles. The number of aryl methyl sites for hydroxylation is 2. The standard InChI is InChI=1S/C44H44N12/c1-9-27-11-29-15-30(12-27)40-24-54(50-46-40)36-18-34(44(6,7)8)20-38(22-36)56-26-42(48-52-56)32-14-28(10-2)13-31(16-32)41-25-55(51-47-41)37-19-33(43(3,4)5)17-35(21-37)53-23-39(29)45-49-53/h11-26H,9-10H2,1-8H3. The molecule has 5 heterocycles. The second-order valence-corrected chi connectivity index (χ2v) is 16.7. The van der Waals surface area contributed by atoms with Gasteiger partial charge in [0.2, 0.25) is 0 Å². The maximum absolute atomic E-state index is 4.68. The highest BCUT2D eigenvalue weighted by Crippen LogP contribution is 2.33. The molecule has 8 aromatic rings. The fraction of sp³-hybridized carbons (Fsp3) is 0.273. The average Bonchev–Trinajstić information content (AvgIpc) is 4.03. The molecule has 4 aromatic carbocycles. The van der Waals surface area contributed by atoms with Crippen LogP contribution in [0.1, 0.15) is 77.6 Å². The zero-order valence-corrected chi connectivity index (χ0v) is 33.0. The van der Waals surface area contributed by atoms with Gasteiger partial charge in [-0.1, -0.05) is 76.2 Å². The topological polar surface area (TPSA) is 123 Å². The largest absolute Gasteiger partial charge is 0.220 e. The van der Waals surface area contributed by atoms with E-state index in [0.29, 0.717) is 0 Å². The van der Waals surface area contributed by atoms with Crippen molar-refractivity contribution < 1.29 is 0 Å². The van der Waals surface area contributed by atoms with Crippen LogP contribution in [0.2, 0.25) is 0 Å². The number of hydrogen-bond acceptors (Lipinski definition) is 8. The van der Waals surface area contributed by atoms with Crippen LogP contribution < -0.4 is 0 Å². The Kier molecular flexibility index (Phi) is 8.19. The van der Waals surface area contributed by atoms with Crippen LogP contribution in [-0.2, 0) is 23.7 Å². The van der Waals surface area contributed by atoms with Gasteiger partial charge in [-0.25, -0.2) is 18.7 Å². The molecular formula is C44H44N12. The summed E-state index contributed by atoms with van der Waals surface area (Å²) in [5.74, 6) is 0. The van der Waals surface area contributed by atoms with Crippen molar-refractivity contribution in [3.8, 4) is 67.8 Å². The number of aromatic nitrogens is 12. The molecule has 12 nitrogen and oxygen atoms in total. The Bertz CT molecular complexity index is 2420. The maximum atomic E-state index is 4.68. The summed E-state index contributed by atoms with van der Waals surface area (Å²) in [6.45, 7) is 17.5. The molecular weight excluding hydrogens is 697 g/mol. The molecule has 0 amide bonds. The molecule has 0 saturated heterocycles. The SMILES string of the molecule is CCc1cc2cc(c1)-c1cn(nn1)-c1cc(cc(C(C)(C)C)c1)-n1cc(nn1)-c1cc(CC)cc(c1)-c1cn(nn1)-c1cc(cc(C(C)(C)C)c1)-n1cc-2nn1.